The number of hydrogen-bond acceptors (Lipinski definition) is 5. The van der Waals surface area contributed by atoms with Crippen LogP contribution >= 0.6 is 11.3 Å². The number of carboxylic acid groups (broad SMARTS) is 1. The van der Waals surface area contributed by atoms with Gasteiger partial charge in [0.15, 0.2) is 5.13 Å². The summed E-state index contributed by atoms with van der Waals surface area (Å²) in [5.74, 6) is -1.69. The van der Waals surface area contributed by atoms with Gasteiger partial charge in [0, 0.05) is 18.3 Å². The molecule has 2 amide bonds. The highest BCUT2D eigenvalue weighted by Gasteiger charge is 2.30. The molecule has 0 atom stereocenters. The summed E-state index contributed by atoms with van der Waals surface area (Å²) in [5.41, 5.74) is 0.178. The molecule has 7 nitrogen and oxygen atoms in total. The molecule has 1 aromatic heterocycles. The summed E-state index contributed by atoms with van der Waals surface area (Å²) in [6.45, 7) is 1.04. The van der Waals surface area contributed by atoms with Gasteiger partial charge in [0.2, 0.25) is 5.91 Å². The first kappa shape index (κ1) is 15.4. The van der Waals surface area contributed by atoms with Crippen molar-refractivity contribution in [2.75, 3.05) is 11.9 Å². The number of carbonyl (C=O) groups is 3. The number of aliphatic carboxylic acids is 1. The standard InChI is InChI=1S/C13H17N3O4S/c1-8(17)14-13-15-10(7-21-13)12(20)16(6-11(18)19)9-4-2-3-5-9/h7,9H,2-6H2,1H3,(H,18,19)(H,14,15,17). The maximum atomic E-state index is 12.5. The molecule has 1 aliphatic carbocycles. The predicted octanol–water partition coefficient (Wildman–Crippen LogP) is 1.57. The van der Waals surface area contributed by atoms with Crippen LogP contribution in [0.5, 0.6) is 0 Å². The van der Waals surface area contributed by atoms with Crippen molar-refractivity contribution in [3.63, 3.8) is 0 Å². The van der Waals surface area contributed by atoms with Gasteiger partial charge in [-0.1, -0.05) is 12.8 Å². The van der Waals surface area contributed by atoms with Crippen LogP contribution in [0.15, 0.2) is 5.38 Å². The lowest BCUT2D eigenvalue weighted by atomic mass is 10.2. The molecule has 1 aliphatic rings. The first-order valence-electron chi connectivity index (χ1n) is 6.73. The van der Waals surface area contributed by atoms with Crippen molar-refractivity contribution in [1.29, 1.82) is 0 Å². The summed E-state index contributed by atoms with van der Waals surface area (Å²) >= 11 is 1.15. The quantitative estimate of drug-likeness (QED) is 0.860. The van der Waals surface area contributed by atoms with E-state index in [1.165, 1.54) is 17.2 Å². The average Bonchev–Trinajstić information content (AvgIpc) is 3.05. The number of hydrogen-bond donors (Lipinski definition) is 2. The third-order valence-electron chi connectivity index (χ3n) is 3.34. The number of nitrogens with one attached hydrogen (secondary N) is 1. The van der Waals surface area contributed by atoms with Crippen LogP contribution in [-0.4, -0.2) is 45.4 Å². The van der Waals surface area contributed by atoms with Gasteiger partial charge in [-0.05, 0) is 12.8 Å². The molecule has 1 saturated carbocycles. The largest absolute Gasteiger partial charge is 0.480 e. The number of rotatable bonds is 5. The van der Waals surface area contributed by atoms with E-state index in [0.29, 0.717) is 5.13 Å². The Labute approximate surface area is 126 Å². The van der Waals surface area contributed by atoms with Crippen LogP contribution in [0, 0.1) is 0 Å². The van der Waals surface area contributed by atoms with Gasteiger partial charge in [-0.2, -0.15) is 0 Å². The van der Waals surface area contributed by atoms with Gasteiger partial charge >= 0.3 is 5.97 Å². The molecule has 21 heavy (non-hydrogen) atoms. The monoisotopic (exact) mass is 311 g/mol. The lowest BCUT2D eigenvalue weighted by Gasteiger charge is -2.26. The van der Waals surface area contributed by atoms with Crippen molar-refractivity contribution in [2.45, 2.75) is 38.6 Å². The SMILES string of the molecule is CC(=O)Nc1nc(C(=O)N(CC(=O)O)C2CCCC2)cs1. The molecule has 1 aromatic rings. The fourth-order valence-corrected chi connectivity index (χ4v) is 3.19. The highest BCUT2D eigenvalue weighted by molar-refractivity contribution is 7.14. The Kier molecular flexibility index (Phi) is 4.89. The zero-order valence-electron chi connectivity index (χ0n) is 11.7. The van der Waals surface area contributed by atoms with Gasteiger partial charge in [0.1, 0.15) is 12.2 Å². The van der Waals surface area contributed by atoms with E-state index in [1.807, 2.05) is 0 Å². The summed E-state index contributed by atoms with van der Waals surface area (Å²) in [5, 5.41) is 13.4. The molecule has 0 aromatic carbocycles. The molecule has 8 heteroatoms. The number of carbonyl (C=O) groups excluding carboxylic acids is 2. The van der Waals surface area contributed by atoms with E-state index in [9.17, 15) is 14.4 Å². The van der Waals surface area contributed by atoms with Gasteiger partial charge < -0.3 is 15.3 Å². The summed E-state index contributed by atoms with van der Waals surface area (Å²) < 4.78 is 0. The maximum absolute atomic E-state index is 12.5. The van der Waals surface area contributed by atoms with Crippen LogP contribution in [0.3, 0.4) is 0 Å². The summed E-state index contributed by atoms with van der Waals surface area (Å²) in [4.78, 5) is 39.8. The number of carboxylic acids is 1. The molecule has 0 spiro atoms. The summed E-state index contributed by atoms with van der Waals surface area (Å²) in [6, 6.07) is -0.0421. The Morgan fingerprint density at radius 3 is 2.67 bits per heavy atom. The van der Waals surface area contributed by atoms with Gasteiger partial charge in [-0.15, -0.1) is 11.3 Å². The Morgan fingerprint density at radius 2 is 2.10 bits per heavy atom. The Bertz CT molecular complexity index is 551. The molecular weight excluding hydrogens is 294 g/mol. The van der Waals surface area contributed by atoms with E-state index in [2.05, 4.69) is 10.3 Å². The number of aromatic nitrogens is 1. The Morgan fingerprint density at radius 1 is 1.43 bits per heavy atom. The predicted molar refractivity (Wildman–Crippen MR) is 77.3 cm³/mol. The number of nitrogens with zero attached hydrogens (tertiary/aromatic N) is 2. The third kappa shape index (κ3) is 4.01. The smallest absolute Gasteiger partial charge is 0.323 e. The summed E-state index contributed by atoms with van der Waals surface area (Å²) in [7, 11) is 0. The van der Waals surface area contributed by atoms with Gasteiger partial charge in [-0.25, -0.2) is 4.98 Å². The normalized spacial score (nSPS) is 14.9. The van der Waals surface area contributed by atoms with Crippen molar-refractivity contribution < 1.29 is 19.5 Å². The molecule has 2 rings (SSSR count). The van der Waals surface area contributed by atoms with Crippen LogP contribution < -0.4 is 5.32 Å². The van der Waals surface area contributed by atoms with Crippen molar-refractivity contribution in [2.24, 2.45) is 0 Å². The summed E-state index contributed by atoms with van der Waals surface area (Å²) in [6.07, 6.45) is 3.65. The lowest BCUT2D eigenvalue weighted by molar-refractivity contribution is -0.138. The maximum Gasteiger partial charge on any atom is 0.323 e. The van der Waals surface area contributed by atoms with Crippen LogP contribution in [0.2, 0.25) is 0 Å². The molecule has 114 valence electrons. The second-order valence-electron chi connectivity index (χ2n) is 4.98. The second-order valence-corrected chi connectivity index (χ2v) is 5.84. The number of thiazole rings is 1. The van der Waals surface area contributed by atoms with Crippen molar-refractivity contribution in [3.8, 4) is 0 Å². The first-order valence-corrected chi connectivity index (χ1v) is 7.61. The van der Waals surface area contributed by atoms with E-state index >= 15 is 0 Å². The average molecular weight is 311 g/mol. The fourth-order valence-electron chi connectivity index (χ4n) is 2.46. The molecule has 1 fully saturated rings. The zero-order chi connectivity index (χ0) is 15.4. The van der Waals surface area contributed by atoms with Crippen molar-refractivity contribution in [3.05, 3.63) is 11.1 Å². The van der Waals surface area contributed by atoms with E-state index in [-0.39, 0.29) is 24.2 Å². The Balaban J connectivity index is 2.14. The highest BCUT2D eigenvalue weighted by Crippen LogP contribution is 2.25. The molecule has 0 aliphatic heterocycles. The van der Waals surface area contributed by atoms with Crippen molar-refractivity contribution >= 4 is 34.3 Å². The van der Waals surface area contributed by atoms with Gasteiger partial charge in [-0.3, -0.25) is 14.4 Å². The van der Waals surface area contributed by atoms with Gasteiger partial charge in [0.25, 0.3) is 5.91 Å². The van der Waals surface area contributed by atoms with Crippen LogP contribution in [-0.2, 0) is 9.59 Å². The second kappa shape index (κ2) is 6.66. The van der Waals surface area contributed by atoms with Crippen LogP contribution in [0.1, 0.15) is 43.1 Å². The zero-order valence-corrected chi connectivity index (χ0v) is 12.5. The number of amides is 2. The van der Waals surface area contributed by atoms with Gasteiger partial charge in [0.05, 0.1) is 0 Å². The fraction of sp³-hybridized carbons (Fsp3) is 0.538. The minimum absolute atomic E-state index is 0.0421. The van der Waals surface area contributed by atoms with E-state index in [4.69, 9.17) is 5.11 Å². The lowest BCUT2D eigenvalue weighted by Crippen LogP contribution is -2.42. The third-order valence-corrected chi connectivity index (χ3v) is 4.10. The van der Waals surface area contributed by atoms with E-state index in [0.717, 1.165) is 37.0 Å². The first-order chi connectivity index (χ1) is 9.97. The molecule has 2 N–H and O–H groups in total. The minimum Gasteiger partial charge on any atom is -0.480 e. The molecule has 0 radical (unpaired) electrons. The molecular formula is C13H17N3O4S. The molecule has 0 unspecified atom stereocenters. The molecule has 0 bridgehead atoms. The number of anilines is 1. The van der Waals surface area contributed by atoms with E-state index in [1.54, 1.807) is 0 Å². The minimum atomic E-state index is -1.03. The highest BCUT2D eigenvalue weighted by atomic mass is 32.1. The topological polar surface area (TPSA) is 99.6 Å². The van der Waals surface area contributed by atoms with Crippen LogP contribution in [0.25, 0.3) is 0 Å². The molecule has 0 saturated heterocycles. The Hall–Kier alpha value is -1.96. The van der Waals surface area contributed by atoms with E-state index < -0.39 is 11.9 Å². The van der Waals surface area contributed by atoms with Crippen LogP contribution in [0.4, 0.5) is 5.13 Å². The van der Waals surface area contributed by atoms with Crippen molar-refractivity contribution in [1.82, 2.24) is 9.88 Å². The molecule has 1 heterocycles.